The molecule has 1 aromatic rings. The Balaban J connectivity index is 2.68. The fourth-order valence-electron chi connectivity index (χ4n) is 1.74. The molecule has 3 N–H and O–H groups in total. The van der Waals surface area contributed by atoms with Crippen molar-refractivity contribution in [2.75, 3.05) is 24.2 Å². The monoisotopic (exact) mass is 240 g/mol. The molecule has 0 spiro atoms. The Morgan fingerprint density at radius 3 is 2.76 bits per heavy atom. The van der Waals surface area contributed by atoms with E-state index in [1.54, 1.807) is 0 Å². The Hall–Kier alpha value is -1.23. The highest BCUT2D eigenvalue weighted by Crippen LogP contribution is 2.22. The van der Waals surface area contributed by atoms with Crippen LogP contribution in [0.15, 0.2) is 0 Å². The predicted octanol–water partition coefficient (Wildman–Crippen LogP) is 2.02. The molecule has 0 aliphatic rings. The molecule has 1 rings (SSSR count). The van der Waals surface area contributed by atoms with Crippen molar-refractivity contribution in [3.05, 3.63) is 5.69 Å². The maximum absolute atomic E-state index is 6.01. The average Bonchev–Trinajstić information content (AvgIpc) is 2.54. The molecule has 0 aliphatic carbocycles. The lowest BCUT2D eigenvalue weighted by atomic mass is 10.3. The van der Waals surface area contributed by atoms with Crippen LogP contribution in [0.4, 0.5) is 11.5 Å². The largest absolute Gasteiger partial charge is 0.394 e. The van der Waals surface area contributed by atoms with Gasteiger partial charge in [0, 0.05) is 19.7 Å². The summed E-state index contributed by atoms with van der Waals surface area (Å²) in [5.41, 5.74) is 7.62. The van der Waals surface area contributed by atoms with E-state index in [1.807, 2.05) is 25.5 Å². The molecule has 0 fully saturated rings. The number of aryl methyl sites for hydroxylation is 2. The molecule has 1 unspecified atom stereocenters. The van der Waals surface area contributed by atoms with Crippen molar-refractivity contribution >= 4 is 11.5 Å². The molecule has 0 amide bonds. The van der Waals surface area contributed by atoms with Crippen molar-refractivity contribution in [3.63, 3.8) is 0 Å². The van der Waals surface area contributed by atoms with Gasteiger partial charge < -0.3 is 15.8 Å². The van der Waals surface area contributed by atoms with Gasteiger partial charge in [0.1, 0.15) is 5.82 Å². The van der Waals surface area contributed by atoms with Gasteiger partial charge in [-0.05, 0) is 27.2 Å². The zero-order chi connectivity index (χ0) is 12.8. The molecule has 17 heavy (non-hydrogen) atoms. The second-order valence-corrected chi connectivity index (χ2v) is 4.22. The van der Waals surface area contributed by atoms with Crippen LogP contribution >= 0.6 is 0 Å². The standard InChI is InChI=1S/C12H24N4O/c1-5-7-16-12(11(13)10(4)15-16)14-8-9(3)17-6-2/h9,14H,5-8,13H2,1-4H3. The molecule has 0 saturated heterocycles. The fraction of sp³-hybridized carbons (Fsp3) is 0.750. The van der Waals surface area contributed by atoms with Gasteiger partial charge in [-0.25, -0.2) is 4.68 Å². The maximum atomic E-state index is 6.01. The van der Waals surface area contributed by atoms with E-state index in [-0.39, 0.29) is 6.10 Å². The summed E-state index contributed by atoms with van der Waals surface area (Å²) in [5, 5.41) is 7.73. The lowest BCUT2D eigenvalue weighted by molar-refractivity contribution is 0.0854. The molecule has 1 heterocycles. The van der Waals surface area contributed by atoms with Crippen molar-refractivity contribution in [1.82, 2.24) is 9.78 Å². The summed E-state index contributed by atoms with van der Waals surface area (Å²) >= 11 is 0. The Morgan fingerprint density at radius 2 is 2.18 bits per heavy atom. The molecule has 98 valence electrons. The Kier molecular flexibility index (Phi) is 5.28. The SMILES string of the molecule is CCCn1nc(C)c(N)c1NCC(C)OCC. The fourth-order valence-corrected chi connectivity index (χ4v) is 1.74. The molecule has 0 aromatic carbocycles. The number of nitrogens with two attached hydrogens (primary N) is 1. The Bertz CT molecular complexity index is 349. The summed E-state index contributed by atoms with van der Waals surface area (Å²) in [6.45, 7) is 10.4. The van der Waals surface area contributed by atoms with Crippen LogP contribution < -0.4 is 11.1 Å². The van der Waals surface area contributed by atoms with Crippen molar-refractivity contribution < 1.29 is 4.74 Å². The van der Waals surface area contributed by atoms with Crippen molar-refractivity contribution in [2.45, 2.75) is 46.8 Å². The summed E-state index contributed by atoms with van der Waals surface area (Å²) in [6.07, 6.45) is 1.21. The van der Waals surface area contributed by atoms with Crippen molar-refractivity contribution in [1.29, 1.82) is 0 Å². The molecular formula is C12H24N4O. The zero-order valence-electron chi connectivity index (χ0n) is 11.3. The first-order valence-corrected chi connectivity index (χ1v) is 6.28. The summed E-state index contributed by atoms with van der Waals surface area (Å²) in [4.78, 5) is 0. The molecule has 0 aliphatic heterocycles. The van der Waals surface area contributed by atoms with Gasteiger partial charge in [0.25, 0.3) is 0 Å². The van der Waals surface area contributed by atoms with Crippen LogP contribution in [0.3, 0.4) is 0 Å². The summed E-state index contributed by atoms with van der Waals surface area (Å²) in [7, 11) is 0. The number of hydrogen-bond donors (Lipinski definition) is 2. The second kappa shape index (κ2) is 6.49. The first-order chi connectivity index (χ1) is 8.10. The first-order valence-electron chi connectivity index (χ1n) is 6.28. The quantitative estimate of drug-likeness (QED) is 0.765. The van der Waals surface area contributed by atoms with Gasteiger partial charge in [-0.1, -0.05) is 6.92 Å². The zero-order valence-corrected chi connectivity index (χ0v) is 11.3. The number of nitrogens with one attached hydrogen (secondary N) is 1. The number of rotatable bonds is 7. The molecule has 1 atom stereocenters. The molecule has 0 bridgehead atoms. The normalized spacial score (nSPS) is 12.7. The lowest BCUT2D eigenvalue weighted by Crippen LogP contribution is -2.21. The van der Waals surface area contributed by atoms with E-state index < -0.39 is 0 Å². The molecule has 5 heteroatoms. The third-order valence-electron chi connectivity index (χ3n) is 2.62. The van der Waals surface area contributed by atoms with Gasteiger partial charge in [-0.3, -0.25) is 0 Å². The smallest absolute Gasteiger partial charge is 0.148 e. The number of hydrogen-bond acceptors (Lipinski definition) is 4. The van der Waals surface area contributed by atoms with Gasteiger partial charge in [0.15, 0.2) is 0 Å². The highest BCUT2D eigenvalue weighted by atomic mass is 16.5. The van der Waals surface area contributed by atoms with Gasteiger partial charge in [0.05, 0.1) is 17.5 Å². The van der Waals surface area contributed by atoms with Crippen LogP contribution in [0, 0.1) is 6.92 Å². The van der Waals surface area contributed by atoms with Crippen LogP contribution in [0.2, 0.25) is 0 Å². The van der Waals surface area contributed by atoms with Gasteiger partial charge in [-0.15, -0.1) is 0 Å². The van der Waals surface area contributed by atoms with Gasteiger partial charge in [-0.2, -0.15) is 5.10 Å². The molecule has 0 radical (unpaired) electrons. The van der Waals surface area contributed by atoms with Crippen LogP contribution in [0.1, 0.15) is 32.9 Å². The Labute approximate surface area is 103 Å². The van der Waals surface area contributed by atoms with Crippen LogP contribution in [0.5, 0.6) is 0 Å². The van der Waals surface area contributed by atoms with Gasteiger partial charge in [0.2, 0.25) is 0 Å². The van der Waals surface area contributed by atoms with E-state index in [0.29, 0.717) is 0 Å². The lowest BCUT2D eigenvalue weighted by Gasteiger charge is -2.15. The highest BCUT2D eigenvalue weighted by Gasteiger charge is 2.12. The summed E-state index contributed by atoms with van der Waals surface area (Å²) in [6, 6.07) is 0. The predicted molar refractivity (Wildman–Crippen MR) is 71.2 cm³/mol. The average molecular weight is 240 g/mol. The number of ether oxygens (including phenoxy) is 1. The maximum Gasteiger partial charge on any atom is 0.148 e. The topological polar surface area (TPSA) is 65.1 Å². The number of nitrogens with zero attached hydrogens (tertiary/aromatic N) is 2. The summed E-state index contributed by atoms with van der Waals surface area (Å²) in [5.74, 6) is 0.913. The third kappa shape index (κ3) is 3.63. The molecule has 0 saturated carbocycles. The number of nitrogen functional groups attached to an aromatic ring is 1. The number of aromatic nitrogens is 2. The minimum absolute atomic E-state index is 0.171. The van der Waals surface area contributed by atoms with E-state index in [0.717, 1.165) is 43.3 Å². The molecule has 1 aromatic heterocycles. The van der Waals surface area contributed by atoms with E-state index in [2.05, 4.69) is 17.3 Å². The Morgan fingerprint density at radius 1 is 1.47 bits per heavy atom. The minimum Gasteiger partial charge on any atom is -0.394 e. The minimum atomic E-state index is 0.171. The van der Waals surface area contributed by atoms with E-state index in [4.69, 9.17) is 10.5 Å². The van der Waals surface area contributed by atoms with Crippen LogP contribution in [-0.4, -0.2) is 29.0 Å². The molecular weight excluding hydrogens is 216 g/mol. The first kappa shape index (κ1) is 13.8. The van der Waals surface area contributed by atoms with Crippen molar-refractivity contribution in [2.24, 2.45) is 0 Å². The van der Waals surface area contributed by atoms with E-state index in [9.17, 15) is 0 Å². The highest BCUT2D eigenvalue weighted by molar-refractivity contribution is 5.64. The van der Waals surface area contributed by atoms with Crippen molar-refractivity contribution in [3.8, 4) is 0 Å². The van der Waals surface area contributed by atoms with Crippen LogP contribution in [0.25, 0.3) is 0 Å². The van der Waals surface area contributed by atoms with E-state index >= 15 is 0 Å². The number of anilines is 2. The molecule has 5 nitrogen and oxygen atoms in total. The second-order valence-electron chi connectivity index (χ2n) is 4.22. The van der Waals surface area contributed by atoms with Crippen LogP contribution in [-0.2, 0) is 11.3 Å². The van der Waals surface area contributed by atoms with E-state index in [1.165, 1.54) is 0 Å². The van der Waals surface area contributed by atoms with Gasteiger partial charge >= 0.3 is 0 Å². The third-order valence-corrected chi connectivity index (χ3v) is 2.62. The summed E-state index contributed by atoms with van der Waals surface area (Å²) < 4.78 is 7.41.